The van der Waals surface area contributed by atoms with Gasteiger partial charge in [0, 0.05) is 13.1 Å². The van der Waals surface area contributed by atoms with Crippen LogP contribution in [0.1, 0.15) is 22.3 Å². The molecule has 114 valence electrons. The Kier molecular flexibility index (Phi) is 5.70. The summed E-state index contributed by atoms with van der Waals surface area (Å²) in [6, 6.07) is 1.96. The van der Waals surface area contributed by atoms with Crippen LogP contribution in [0.15, 0.2) is 11.0 Å². The summed E-state index contributed by atoms with van der Waals surface area (Å²) in [5.74, 6) is 0. The maximum Gasteiger partial charge on any atom is 0.243 e. The quantitative estimate of drug-likeness (QED) is 0.818. The van der Waals surface area contributed by atoms with Crippen molar-refractivity contribution in [3.8, 4) is 0 Å². The SMILES string of the molecule is Cc1cc(C)c(C)c(S(=O)(=O)N(CCO)CCO)c1C. The highest BCUT2D eigenvalue weighted by molar-refractivity contribution is 7.89. The van der Waals surface area contributed by atoms with Crippen LogP contribution in [0, 0.1) is 27.7 Å². The molecule has 20 heavy (non-hydrogen) atoms. The molecule has 1 aromatic rings. The Balaban J connectivity index is 3.48. The van der Waals surface area contributed by atoms with Gasteiger partial charge in [0.05, 0.1) is 18.1 Å². The maximum absolute atomic E-state index is 12.8. The molecule has 2 N–H and O–H groups in total. The minimum atomic E-state index is -3.72. The Morgan fingerprint density at radius 1 is 0.950 bits per heavy atom. The Bertz CT molecular complexity index is 549. The smallest absolute Gasteiger partial charge is 0.243 e. The van der Waals surface area contributed by atoms with Crippen molar-refractivity contribution in [2.45, 2.75) is 32.6 Å². The van der Waals surface area contributed by atoms with Crippen molar-refractivity contribution in [2.75, 3.05) is 26.3 Å². The monoisotopic (exact) mass is 301 g/mol. The van der Waals surface area contributed by atoms with Crippen molar-refractivity contribution in [3.05, 3.63) is 28.3 Å². The molecule has 6 heteroatoms. The molecule has 1 rings (SSSR count). The van der Waals surface area contributed by atoms with Crippen molar-refractivity contribution < 1.29 is 18.6 Å². The minimum absolute atomic E-state index is 0.0191. The van der Waals surface area contributed by atoms with Gasteiger partial charge in [-0.05, 0) is 49.9 Å². The highest BCUT2D eigenvalue weighted by atomic mass is 32.2. The normalized spacial score (nSPS) is 12.2. The first-order chi connectivity index (χ1) is 9.27. The second kappa shape index (κ2) is 6.67. The molecule has 0 saturated carbocycles. The molecular formula is C14H23NO4S. The van der Waals surface area contributed by atoms with E-state index < -0.39 is 10.0 Å². The molecule has 0 unspecified atom stereocenters. The lowest BCUT2D eigenvalue weighted by molar-refractivity contribution is 0.217. The maximum atomic E-state index is 12.8. The molecule has 0 spiro atoms. The van der Waals surface area contributed by atoms with E-state index in [-0.39, 0.29) is 31.2 Å². The molecule has 1 aromatic carbocycles. The molecule has 0 atom stereocenters. The molecule has 0 aromatic heterocycles. The third kappa shape index (κ3) is 3.20. The molecule has 0 heterocycles. The predicted molar refractivity (Wildman–Crippen MR) is 78.3 cm³/mol. The van der Waals surface area contributed by atoms with Crippen LogP contribution in [0.25, 0.3) is 0 Å². The topological polar surface area (TPSA) is 77.8 Å². The van der Waals surface area contributed by atoms with E-state index in [9.17, 15) is 8.42 Å². The van der Waals surface area contributed by atoms with E-state index in [1.165, 1.54) is 0 Å². The third-order valence-electron chi connectivity index (χ3n) is 3.59. The van der Waals surface area contributed by atoms with Crippen molar-refractivity contribution >= 4 is 10.0 Å². The van der Waals surface area contributed by atoms with Gasteiger partial charge in [-0.1, -0.05) is 6.07 Å². The number of nitrogens with zero attached hydrogens (tertiary/aromatic N) is 1. The number of aliphatic hydroxyl groups is 2. The summed E-state index contributed by atoms with van der Waals surface area (Å²) in [6.07, 6.45) is 0. The Labute approximate surface area is 120 Å². The van der Waals surface area contributed by atoms with Crippen LogP contribution in [-0.2, 0) is 10.0 Å². The summed E-state index contributed by atoms with van der Waals surface area (Å²) in [5.41, 5.74) is 3.27. The summed E-state index contributed by atoms with van der Waals surface area (Å²) < 4.78 is 26.7. The lowest BCUT2D eigenvalue weighted by Crippen LogP contribution is -2.36. The lowest BCUT2D eigenvalue weighted by atomic mass is 10.0. The Morgan fingerprint density at radius 3 is 1.70 bits per heavy atom. The molecule has 0 aliphatic heterocycles. The van der Waals surface area contributed by atoms with E-state index in [1.807, 2.05) is 19.9 Å². The van der Waals surface area contributed by atoms with Crippen LogP contribution in [0.5, 0.6) is 0 Å². The standard InChI is InChI=1S/C14H23NO4S/c1-10-9-11(2)13(4)14(12(10)3)20(18,19)15(5-7-16)6-8-17/h9,16-17H,5-8H2,1-4H3. The number of hydrogen-bond donors (Lipinski definition) is 2. The zero-order valence-electron chi connectivity index (χ0n) is 12.5. The van der Waals surface area contributed by atoms with Crippen LogP contribution in [-0.4, -0.2) is 49.2 Å². The predicted octanol–water partition coefficient (Wildman–Crippen LogP) is 0.896. The summed E-state index contributed by atoms with van der Waals surface area (Å²) in [7, 11) is -3.72. The molecule has 0 fully saturated rings. The summed E-state index contributed by atoms with van der Waals surface area (Å²) >= 11 is 0. The highest BCUT2D eigenvalue weighted by Gasteiger charge is 2.28. The number of sulfonamides is 1. The van der Waals surface area contributed by atoms with Crippen LogP contribution in [0.2, 0.25) is 0 Å². The van der Waals surface area contributed by atoms with E-state index in [0.717, 1.165) is 15.4 Å². The van der Waals surface area contributed by atoms with E-state index >= 15 is 0 Å². The van der Waals surface area contributed by atoms with Crippen molar-refractivity contribution in [1.82, 2.24) is 4.31 Å². The van der Waals surface area contributed by atoms with Crippen LogP contribution in [0.3, 0.4) is 0 Å². The minimum Gasteiger partial charge on any atom is -0.395 e. The van der Waals surface area contributed by atoms with Crippen LogP contribution in [0.4, 0.5) is 0 Å². The first-order valence-corrected chi connectivity index (χ1v) is 8.00. The van der Waals surface area contributed by atoms with Crippen molar-refractivity contribution in [3.63, 3.8) is 0 Å². The van der Waals surface area contributed by atoms with Gasteiger partial charge in [0.15, 0.2) is 0 Å². The molecular weight excluding hydrogens is 278 g/mol. The average Bonchev–Trinajstić information content (AvgIpc) is 2.36. The number of benzene rings is 1. The first-order valence-electron chi connectivity index (χ1n) is 6.56. The van der Waals surface area contributed by atoms with Gasteiger partial charge in [0.1, 0.15) is 0 Å². The number of aliphatic hydroxyl groups excluding tert-OH is 2. The van der Waals surface area contributed by atoms with Gasteiger partial charge in [-0.2, -0.15) is 4.31 Å². The molecule has 0 saturated heterocycles. The van der Waals surface area contributed by atoms with Crippen molar-refractivity contribution in [2.24, 2.45) is 0 Å². The number of hydrogen-bond acceptors (Lipinski definition) is 4. The largest absolute Gasteiger partial charge is 0.395 e. The molecule has 0 bridgehead atoms. The third-order valence-corrected chi connectivity index (χ3v) is 5.77. The second-order valence-corrected chi connectivity index (χ2v) is 6.82. The van der Waals surface area contributed by atoms with Crippen LogP contribution >= 0.6 is 0 Å². The van der Waals surface area contributed by atoms with Gasteiger partial charge >= 0.3 is 0 Å². The van der Waals surface area contributed by atoms with E-state index in [2.05, 4.69) is 0 Å². The van der Waals surface area contributed by atoms with Gasteiger partial charge < -0.3 is 10.2 Å². The second-order valence-electron chi connectivity index (χ2n) is 4.94. The van der Waals surface area contributed by atoms with Gasteiger partial charge in [-0.3, -0.25) is 0 Å². The van der Waals surface area contributed by atoms with Crippen LogP contribution < -0.4 is 0 Å². The fraction of sp³-hybridized carbons (Fsp3) is 0.571. The first kappa shape index (κ1) is 17.1. The molecule has 0 radical (unpaired) electrons. The number of rotatable bonds is 6. The van der Waals surface area contributed by atoms with E-state index in [4.69, 9.17) is 10.2 Å². The molecule has 0 amide bonds. The van der Waals surface area contributed by atoms with Gasteiger partial charge in [0.25, 0.3) is 0 Å². The zero-order valence-corrected chi connectivity index (χ0v) is 13.3. The van der Waals surface area contributed by atoms with E-state index in [0.29, 0.717) is 11.1 Å². The fourth-order valence-corrected chi connectivity index (χ4v) is 4.27. The zero-order chi connectivity index (χ0) is 15.5. The highest BCUT2D eigenvalue weighted by Crippen LogP contribution is 2.28. The Morgan fingerprint density at radius 2 is 1.35 bits per heavy atom. The summed E-state index contributed by atoms with van der Waals surface area (Å²) in [4.78, 5) is 0.289. The number of aryl methyl sites for hydroxylation is 2. The van der Waals surface area contributed by atoms with E-state index in [1.54, 1.807) is 13.8 Å². The molecule has 0 aliphatic carbocycles. The lowest BCUT2D eigenvalue weighted by Gasteiger charge is -2.24. The van der Waals surface area contributed by atoms with Gasteiger partial charge in [0.2, 0.25) is 10.0 Å². The fourth-order valence-electron chi connectivity index (χ4n) is 2.27. The average molecular weight is 301 g/mol. The summed E-state index contributed by atoms with van der Waals surface area (Å²) in [6.45, 7) is 6.73. The Hall–Kier alpha value is -0.950. The van der Waals surface area contributed by atoms with Gasteiger partial charge in [-0.15, -0.1) is 0 Å². The molecule has 0 aliphatic rings. The molecule has 5 nitrogen and oxygen atoms in total. The summed E-state index contributed by atoms with van der Waals surface area (Å²) in [5, 5.41) is 18.1. The van der Waals surface area contributed by atoms with Gasteiger partial charge in [-0.25, -0.2) is 8.42 Å². The van der Waals surface area contributed by atoms with Crippen molar-refractivity contribution in [1.29, 1.82) is 0 Å².